The van der Waals surface area contributed by atoms with Gasteiger partial charge >= 0.3 is 0 Å². The topological polar surface area (TPSA) is 36.4 Å². The highest BCUT2D eigenvalue weighted by Gasteiger charge is 2.23. The van der Waals surface area contributed by atoms with Crippen LogP contribution in [-0.4, -0.2) is 35.4 Å². The quantitative estimate of drug-likeness (QED) is 0.471. The maximum Gasteiger partial charge on any atom is 0.243 e. The Labute approximate surface area is 184 Å². The fourth-order valence-electron chi connectivity index (χ4n) is 3.56. The van der Waals surface area contributed by atoms with Gasteiger partial charge in [0.2, 0.25) is 5.91 Å². The number of carbonyl (C=O) groups excluding carboxylic acids is 1. The van der Waals surface area contributed by atoms with Gasteiger partial charge in [0.15, 0.2) is 5.13 Å². The maximum atomic E-state index is 13.3. The summed E-state index contributed by atoms with van der Waals surface area (Å²) in [5.74, 6) is 0.118. The lowest BCUT2D eigenvalue weighted by Crippen LogP contribution is -2.42. The lowest BCUT2D eigenvalue weighted by molar-refractivity contribution is -0.120. The van der Waals surface area contributed by atoms with Crippen molar-refractivity contribution in [2.45, 2.75) is 25.8 Å². The number of anilines is 1. The third-order valence-corrected chi connectivity index (χ3v) is 6.55. The largest absolute Gasteiger partial charge is 0.294 e. The van der Waals surface area contributed by atoms with E-state index in [0.29, 0.717) is 13.1 Å². The van der Waals surface area contributed by atoms with Gasteiger partial charge in [0.05, 0.1) is 18.8 Å². The van der Waals surface area contributed by atoms with Gasteiger partial charge in [0.25, 0.3) is 0 Å². The van der Waals surface area contributed by atoms with Crippen molar-refractivity contribution in [2.24, 2.45) is 0 Å². The molecule has 1 aromatic heterocycles. The molecule has 1 amide bonds. The summed E-state index contributed by atoms with van der Waals surface area (Å²) in [6.07, 6.45) is 3.62. The van der Waals surface area contributed by atoms with Crippen molar-refractivity contribution in [3.63, 3.8) is 0 Å². The molecular formula is C23H24BrN3OS. The highest BCUT2D eigenvalue weighted by molar-refractivity contribution is 9.10. The monoisotopic (exact) mass is 469 g/mol. The lowest BCUT2D eigenvalue weighted by Gasteiger charge is -2.28. The predicted octanol–water partition coefficient (Wildman–Crippen LogP) is 5.59. The highest BCUT2D eigenvalue weighted by atomic mass is 79.9. The van der Waals surface area contributed by atoms with Crippen LogP contribution in [0.4, 0.5) is 5.13 Å². The molecule has 0 atom stereocenters. The van der Waals surface area contributed by atoms with Crippen molar-refractivity contribution >= 4 is 38.3 Å². The van der Waals surface area contributed by atoms with E-state index in [1.54, 1.807) is 0 Å². The standard InChI is InChI=1S/C23H24BrN3OS/c24-20-11-9-19(10-12-20)21-17-29-23(25-21)27(15-18-7-3-1-4-8-18)22(28)16-26-13-5-2-6-14-26/h1,3-4,7-12,17H,2,5-6,13-16H2. The Bertz CT molecular complexity index is 936. The molecule has 0 radical (unpaired) electrons. The van der Waals surface area contributed by atoms with Gasteiger partial charge in [-0.2, -0.15) is 0 Å². The van der Waals surface area contributed by atoms with Gasteiger partial charge in [-0.05, 0) is 43.6 Å². The fraction of sp³-hybridized carbons (Fsp3) is 0.304. The summed E-state index contributed by atoms with van der Waals surface area (Å²) in [6, 6.07) is 18.2. The first-order chi connectivity index (χ1) is 14.2. The Morgan fingerprint density at radius 3 is 2.48 bits per heavy atom. The summed E-state index contributed by atoms with van der Waals surface area (Å²) in [4.78, 5) is 22.2. The van der Waals surface area contributed by atoms with E-state index in [1.807, 2.05) is 52.7 Å². The Hall–Kier alpha value is -2.02. The Balaban J connectivity index is 1.57. The highest BCUT2D eigenvalue weighted by Crippen LogP contribution is 2.29. The van der Waals surface area contributed by atoms with Crippen LogP contribution >= 0.6 is 27.3 Å². The minimum Gasteiger partial charge on any atom is -0.294 e. The molecule has 0 unspecified atom stereocenters. The number of hydrogen-bond donors (Lipinski definition) is 0. The Morgan fingerprint density at radius 1 is 1.03 bits per heavy atom. The molecule has 0 spiro atoms. The number of benzene rings is 2. The van der Waals surface area contributed by atoms with Gasteiger partial charge in [0, 0.05) is 15.4 Å². The Morgan fingerprint density at radius 2 is 1.76 bits per heavy atom. The summed E-state index contributed by atoms with van der Waals surface area (Å²) >= 11 is 5.00. The van der Waals surface area contributed by atoms with Crippen LogP contribution < -0.4 is 4.90 Å². The number of aromatic nitrogens is 1. The van der Waals surface area contributed by atoms with E-state index in [9.17, 15) is 4.79 Å². The predicted molar refractivity (Wildman–Crippen MR) is 123 cm³/mol. The second kappa shape index (κ2) is 9.65. The first kappa shape index (κ1) is 20.3. The summed E-state index contributed by atoms with van der Waals surface area (Å²) in [5, 5.41) is 2.79. The van der Waals surface area contributed by atoms with Crippen LogP contribution in [-0.2, 0) is 11.3 Å². The zero-order valence-corrected chi connectivity index (χ0v) is 18.7. The van der Waals surface area contributed by atoms with Crippen molar-refractivity contribution in [1.82, 2.24) is 9.88 Å². The molecule has 3 aromatic rings. The van der Waals surface area contributed by atoms with Gasteiger partial charge in [0.1, 0.15) is 0 Å². The number of hydrogen-bond acceptors (Lipinski definition) is 4. The summed E-state index contributed by atoms with van der Waals surface area (Å²) in [6.45, 7) is 3.01. The zero-order chi connectivity index (χ0) is 20.1. The molecule has 1 aliphatic heterocycles. The van der Waals surface area contributed by atoms with Crippen molar-refractivity contribution < 1.29 is 4.79 Å². The summed E-state index contributed by atoms with van der Waals surface area (Å²) < 4.78 is 1.04. The molecule has 1 fully saturated rings. The van der Waals surface area contributed by atoms with Crippen LogP contribution in [0, 0.1) is 0 Å². The molecule has 0 aliphatic carbocycles. The van der Waals surface area contributed by atoms with Crippen LogP contribution in [0.5, 0.6) is 0 Å². The van der Waals surface area contributed by atoms with E-state index in [1.165, 1.54) is 30.6 Å². The van der Waals surface area contributed by atoms with Crippen molar-refractivity contribution in [2.75, 3.05) is 24.5 Å². The van der Waals surface area contributed by atoms with Crippen molar-refractivity contribution in [3.05, 3.63) is 70.0 Å². The van der Waals surface area contributed by atoms with Gasteiger partial charge in [-0.1, -0.05) is 64.8 Å². The van der Waals surface area contributed by atoms with Crippen molar-refractivity contribution in [1.29, 1.82) is 0 Å². The minimum atomic E-state index is 0.118. The third kappa shape index (κ3) is 5.32. The number of halogens is 1. The number of amides is 1. The summed E-state index contributed by atoms with van der Waals surface area (Å²) in [7, 11) is 0. The molecule has 150 valence electrons. The molecule has 0 N–H and O–H groups in total. The van der Waals surface area contributed by atoms with Crippen LogP contribution in [0.15, 0.2) is 64.5 Å². The van der Waals surface area contributed by atoms with E-state index in [0.717, 1.165) is 39.5 Å². The number of likely N-dealkylation sites (tertiary alicyclic amines) is 1. The fourth-order valence-corrected chi connectivity index (χ4v) is 4.68. The SMILES string of the molecule is O=C(CN1CCCCC1)N(Cc1ccccc1)c1nc(-c2ccc(Br)cc2)cs1. The van der Waals surface area contributed by atoms with Gasteiger partial charge in [-0.15, -0.1) is 11.3 Å². The van der Waals surface area contributed by atoms with Crippen LogP contribution in [0.25, 0.3) is 11.3 Å². The minimum absolute atomic E-state index is 0.118. The number of nitrogens with zero attached hydrogens (tertiary/aromatic N) is 3. The zero-order valence-electron chi connectivity index (χ0n) is 16.3. The lowest BCUT2D eigenvalue weighted by atomic mass is 10.1. The van der Waals surface area contributed by atoms with E-state index >= 15 is 0 Å². The van der Waals surface area contributed by atoms with Gasteiger partial charge in [-0.25, -0.2) is 4.98 Å². The van der Waals surface area contributed by atoms with Crippen molar-refractivity contribution in [3.8, 4) is 11.3 Å². The molecule has 0 bridgehead atoms. The smallest absolute Gasteiger partial charge is 0.243 e. The summed E-state index contributed by atoms with van der Waals surface area (Å²) in [5.41, 5.74) is 3.07. The molecule has 1 saturated heterocycles. The van der Waals surface area contributed by atoms with E-state index in [-0.39, 0.29) is 5.91 Å². The molecule has 29 heavy (non-hydrogen) atoms. The third-order valence-electron chi connectivity index (χ3n) is 5.16. The normalized spacial score (nSPS) is 14.7. The first-order valence-corrected chi connectivity index (χ1v) is 11.6. The molecule has 2 aromatic carbocycles. The molecule has 2 heterocycles. The van der Waals surface area contributed by atoms with Gasteiger partial charge in [-0.3, -0.25) is 14.6 Å². The molecule has 0 saturated carbocycles. The average Bonchev–Trinajstić information content (AvgIpc) is 3.24. The molecule has 6 heteroatoms. The second-order valence-corrected chi connectivity index (χ2v) is 9.08. The number of rotatable bonds is 6. The molecule has 4 rings (SSSR count). The van der Waals surface area contributed by atoms with Crippen LogP contribution in [0.1, 0.15) is 24.8 Å². The number of piperidine rings is 1. The van der Waals surface area contributed by atoms with E-state index in [2.05, 4.69) is 33.0 Å². The average molecular weight is 470 g/mol. The second-order valence-electron chi connectivity index (χ2n) is 7.32. The van der Waals surface area contributed by atoms with E-state index < -0.39 is 0 Å². The maximum absolute atomic E-state index is 13.3. The van der Waals surface area contributed by atoms with Crippen LogP contribution in [0.3, 0.4) is 0 Å². The first-order valence-electron chi connectivity index (χ1n) is 9.97. The van der Waals surface area contributed by atoms with Gasteiger partial charge < -0.3 is 0 Å². The molecule has 1 aliphatic rings. The Kier molecular flexibility index (Phi) is 6.74. The van der Waals surface area contributed by atoms with Crippen LogP contribution in [0.2, 0.25) is 0 Å². The number of thiazole rings is 1. The van der Waals surface area contributed by atoms with E-state index in [4.69, 9.17) is 4.98 Å². The molecular weight excluding hydrogens is 446 g/mol. The number of carbonyl (C=O) groups is 1. The molecule has 4 nitrogen and oxygen atoms in total.